The van der Waals surface area contributed by atoms with Crippen molar-refractivity contribution in [2.75, 3.05) is 19.7 Å². The van der Waals surface area contributed by atoms with E-state index in [1.807, 2.05) is 24.2 Å². The van der Waals surface area contributed by atoms with Crippen molar-refractivity contribution in [3.63, 3.8) is 0 Å². The van der Waals surface area contributed by atoms with Crippen molar-refractivity contribution >= 4 is 5.91 Å². The number of ether oxygens (including phenoxy) is 2. The molecule has 1 aromatic heterocycles. The fourth-order valence-corrected chi connectivity index (χ4v) is 3.78. The van der Waals surface area contributed by atoms with Gasteiger partial charge in [-0.3, -0.25) is 9.78 Å². The third kappa shape index (κ3) is 3.62. The number of carbonyl (C=O) groups excluding carboxylic acids is 1. The Bertz CT molecular complexity index is 608. The van der Waals surface area contributed by atoms with Crippen LogP contribution in [0.3, 0.4) is 0 Å². The van der Waals surface area contributed by atoms with Gasteiger partial charge < -0.3 is 14.4 Å². The Morgan fingerprint density at radius 2 is 2.21 bits per heavy atom. The summed E-state index contributed by atoms with van der Waals surface area (Å²) in [7, 11) is 0. The number of hydrogen-bond acceptors (Lipinski definition) is 4. The Morgan fingerprint density at radius 1 is 1.38 bits per heavy atom. The summed E-state index contributed by atoms with van der Waals surface area (Å²) < 4.78 is 12.1. The van der Waals surface area contributed by atoms with Crippen LogP contribution in [0, 0.1) is 12.8 Å². The SMILES string of the molecule is Cc1cncc(CO[C@@H]2CCOC3(C2)CN(C(=O)CC2CC2)C3)c1. The number of aryl methyl sites for hydroxylation is 1. The molecule has 1 amide bonds. The van der Waals surface area contributed by atoms with Crippen LogP contribution < -0.4 is 0 Å². The Hall–Kier alpha value is -1.46. The van der Waals surface area contributed by atoms with E-state index in [0.717, 1.165) is 50.1 Å². The van der Waals surface area contributed by atoms with E-state index in [-0.39, 0.29) is 11.7 Å². The first-order chi connectivity index (χ1) is 11.6. The van der Waals surface area contributed by atoms with Gasteiger partial charge in [-0.05, 0) is 43.2 Å². The summed E-state index contributed by atoms with van der Waals surface area (Å²) in [5.74, 6) is 0.959. The van der Waals surface area contributed by atoms with Gasteiger partial charge in [-0.1, -0.05) is 6.07 Å². The van der Waals surface area contributed by atoms with Gasteiger partial charge in [-0.15, -0.1) is 0 Å². The van der Waals surface area contributed by atoms with Crippen LogP contribution in [0.5, 0.6) is 0 Å². The van der Waals surface area contributed by atoms with Gasteiger partial charge >= 0.3 is 0 Å². The minimum Gasteiger partial charge on any atom is -0.373 e. The molecule has 3 heterocycles. The number of amides is 1. The third-order valence-electron chi connectivity index (χ3n) is 5.34. The highest BCUT2D eigenvalue weighted by atomic mass is 16.5. The molecule has 3 fully saturated rings. The number of pyridine rings is 1. The molecule has 1 aromatic rings. The highest BCUT2D eigenvalue weighted by molar-refractivity contribution is 5.78. The van der Waals surface area contributed by atoms with Gasteiger partial charge in [0.1, 0.15) is 5.60 Å². The van der Waals surface area contributed by atoms with E-state index in [0.29, 0.717) is 18.4 Å². The molecule has 1 saturated carbocycles. The number of carbonyl (C=O) groups is 1. The summed E-state index contributed by atoms with van der Waals surface area (Å²) >= 11 is 0. The molecular formula is C19H26N2O3. The van der Waals surface area contributed by atoms with Gasteiger partial charge in [-0.2, -0.15) is 0 Å². The second kappa shape index (κ2) is 6.45. The van der Waals surface area contributed by atoms with Crippen molar-refractivity contribution in [2.24, 2.45) is 5.92 Å². The van der Waals surface area contributed by atoms with E-state index in [1.54, 1.807) is 0 Å². The smallest absolute Gasteiger partial charge is 0.223 e. The molecular weight excluding hydrogens is 304 g/mol. The molecule has 0 aromatic carbocycles. The van der Waals surface area contributed by atoms with Crippen LogP contribution in [0.25, 0.3) is 0 Å². The van der Waals surface area contributed by atoms with Crippen molar-refractivity contribution < 1.29 is 14.3 Å². The van der Waals surface area contributed by atoms with Crippen molar-refractivity contribution in [3.8, 4) is 0 Å². The largest absolute Gasteiger partial charge is 0.373 e. The highest BCUT2D eigenvalue weighted by Gasteiger charge is 2.49. The summed E-state index contributed by atoms with van der Waals surface area (Å²) in [6.45, 7) is 4.84. The van der Waals surface area contributed by atoms with Gasteiger partial charge in [0.15, 0.2) is 0 Å². The van der Waals surface area contributed by atoms with E-state index >= 15 is 0 Å². The number of rotatable bonds is 5. The van der Waals surface area contributed by atoms with Gasteiger partial charge in [0.25, 0.3) is 0 Å². The molecule has 0 bridgehead atoms. The lowest BCUT2D eigenvalue weighted by atomic mass is 9.84. The summed E-state index contributed by atoms with van der Waals surface area (Å²) in [6.07, 6.45) is 8.93. The molecule has 2 aliphatic heterocycles. The number of aromatic nitrogens is 1. The monoisotopic (exact) mass is 330 g/mol. The van der Waals surface area contributed by atoms with Crippen LogP contribution in [0.4, 0.5) is 0 Å². The topological polar surface area (TPSA) is 51.7 Å². The van der Waals surface area contributed by atoms with E-state index in [4.69, 9.17) is 9.47 Å². The van der Waals surface area contributed by atoms with Crippen LogP contribution in [-0.2, 0) is 20.9 Å². The van der Waals surface area contributed by atoms with Crippen LogP contribution in [-0.4, -0.2) is 47.2 Å². The summed E-state index contributed by atoms with van der Waals surface area (Å²) in [5, 5.41) is 0. The van der Waals surface area contributed by atoms with Gasteiger partial charge in [-0.25, -0.2) is 0 Å². The van der Waals surface area contributed by atoms with Gasteiger partial charge in [0.2, 0.25) is 5.91 Å². The normalized spacial score (nSPS) is 25.5. The van der Waals surface area contributed by atoms with Crippen LogP contribution in [0.15, 0.2) is 18.5 Å². The van der Waals surface area contributed by atoms with Gasteiger partial charge in [0, 0.05) is 31.8 Å². The van der Waals surface area contributed by atoms with Crippen LogP contribution in [0.1, 0.15) is 43.2 Å². The number of likely N-dealkylation sites (tertiary alicyclic amines) is 1. The highest BCUT2D eigenvalue weighted by Crippen LogP contribution is 2.38. The van der Waals surface area contributed by atoms with Crippen molar-refractivity contribution in [2.45, 2.75) is 57.3 Å². The predicted octanol–water partition coefficient (Wildman–Crippen LogP) is 2.47. The average Bonchev–Trinajstić information content (AvgIpc) is 3.35. The Balaban J connectivity index is 1.26. The maximum Gasteiger partial charge on any atom is 0.223 e. The second-order valence-electron chi connectivity index (χ2n) is 7.73. The molecule has 0 unspecified atom stereocenters. The van der Waals surface area contributed by atoms with E-state index in [9.17, 15) is 4.79 Å². The van der Waals surface area contributed by atoms with Crippen molar-refractivity contribution in [3.05, 3.63) is 29.6 Å². The molecule has 2 saturated heterocycles. The first kappa shape index (κ1) is 16.0. The molecule has 5 nitrogen and oxygen atoms in total. The minimum absolute atomic E-state index is 0.160. The molecule has 5 heteroatoms. The first-order valence-corrected chi connectivity index (χ1v) is 9.06. The maximum absolute atomic E-state index is 12.2. The molecule has 4 rings (SSSR count). The molecule has 0 radical (unpaired) electrons. The summed E-state index contributed by atoms with van der Waals surface area (Å²) in [5.41, 5.74) is 2.11. The average molecular weight is 330 g/mol. The Morgan fingerprint density at radius 3 is 2.96 bits per heavy atom. The lowest BCUT2D eigenvalue weighted by molar-refractivity contribution is -0.202. The first-order valence-electron chi connectivity index (χ1n) is 9.06. The summed E-state index contributed by atoms with van der Waals surface area (Å²) in [6, 6.07) is 2.11. The second-order valence-corrected chi connectivity index (χ2v) is 7.73. The predicted molar refractivity (Wildman–Crippen MR) is 89.4 cm³/mol. The molecule has 24 heavy (non-hydrogen) atoms. The Kier molecular flexibility index (Phi) is 4.31. The van der Waals surface area contributed by atoms with E-state index in [2.05, 4.69) is 11.1 Å². The number of nitrogens with zero attached hydrogens (tertiary/aromatic N) is 2. The quantitative estimate of drug-likeness (QED) is 0.832. The molecule has 0 N–H and O–H groups in total. The minimum atomic E-state index is -0.160. The molecule has 1 atom stereocenters. The van der Waals surface area contributed by atoms with Crippen LogP contribution >= 0.6 is 0 Å². The van der Waals surface area contributed by atoms with Crippen molar-refractivity contribution in [1.82, 2.24) is 9.88 Å². The van der Waals surface area contributed by atoms with E-state index < -0.39 is 0 Å². The fraction of sp³-hybridized carbons (Fsp3) is 0.684. The maximum atomic E-state index is 12.2. The fourth-order valence-electron chi connectivity index (χ4n) is 3.78. The standard InChI is InChI=1S/C19H26N2O3/c1-14-6-16(10-20-9-14)11-23-17-4-5-24-19(8-17)12-21(13-19)18(22)7-15-2-3-15/h6,9-10,15,17H,2-5,7-8,11-13H2,1H3/t17-/m1/s1. The molecule has 130 valence electrons. The molecule has 3 aliphatic rings. The van der Waals surface area contributed by atoms with Gasteiger partial charge in [0.05, 0.1) is 25.8 Å². The zero-order valence-electron chi connectivity index (χ0n) is 14.4. The van der Waals surface area contributed by atoms with E-state index in [1.165, 1.54) is 12.8 Å². The van der Waals surface area contributed by atoms with Crippen molar-refractivity contribution in [1.29, 1.82) is 0 Å². The zero-order chi connectivity index (χ0) is 16.6. The van der Waals surface area contributed by atoms with Crippen LogP contribution in [0.2, 0.25) is 0 Å². The number of hydrogen-bond donors (Lipinski definition) is 0. The lowest BCUT2D eigenvalue weighted by Crippen LogP contribution is -2.67. The summed E-state index contributed by atoms with van der Waals surface area (Å²) in [4.78, 5) is 18.3. The lowest BCUT2D eigenvalue weighted by Gasteiger charge is -2.53. The Labute approximate surface area is 143 Å². The molecule has 1 spiro atoms. The molecule has 1 aliphatic carbocycles. The third-order valence-corrected chi connectivity index (χ3v) is 5.34. The zero-order valence-corrected chi connectivity index (χ0v) is 14.4.